The highest BCUT2D eigenvalue weighted by molar-refractivity contribution is 6.31. The largest absolute Gasteiger partial charge is 0.370 e. The second-order valence-corrected chi connectivity index (χ2v) is 4.99. The Labute approximate surface area is 124 Å². The maximum atomic E-state index is 6.10. The van der Waals surface area contributed by atoms with E-state index in [4.69, 9.17) is 11.6 Å². The van der Waals surface area contributed by atoms with Crippen molar-refractivity contribution in [2.75, 3.05) is 17.2 Å². The summed E-state index contributed by atoms with van der Waals surface area (Å²) in [4.78, 5) is 8.66. The number of rotatable bonds is 6. The lowest BCUT2D eigenvalue weighted by molar-refractivity contribution is 0.830. The summed E-state index contributed by atoms with van der Waals surface area (Å²) in [6.45, 7) is 5.05. The van der Waals surface area contributed by atoms with Crippen LogP contribution in [0.4, 0.5) is 17.5 Å². The number of nitrogens with zero attached hydrogens (tertiary/aromatic N) is 2. The first kappa shape index (κ1) is 14.6. The Hall–Kier alpha value is -1.81. The molecule has 0 unspecified atom stereocenters. The third kappa shape index (κ3) is 3.84. The standard InChI is InChI=1S/C15H19ClN4/c1-3-4-9-17-14-8-10-18-15(20-14)19-13-7-5-6-12(16)11(13)2/h5-8,10H,3-4,9H2,1-2H3,(H2,17,18,19,20). The first-order valence-corrected chi connectivity index (χ1v) is 7.17. The summed E-state index contributed by atoms with van der Waals surface area (Å²) in [6, 6.07) is 7.60. The molecule has 4 nitrogen and oxygen atoms in total. The van der Waals surface area contributed by atoms with Crippen molar-refractivity contribution >= 4 is 29.1 Å². The van der Waals surface area contributed by atoms with Crippen LogP contribution in [-0.2, 0) is 0 Å². The van der Waals surface area contributed by atoms with E-state index in [-0.39, 0.29) is 0 Å². The zero-order chi connectivity index (χ0) is 14.4. The fourth-order valence-corrected chi connectivity index (χ4v) is 1.95. The van der Waals surface area contributed by atoms with Crippen LogP contribution in [0, 0.1) is 6.92 Å². The van der Waals surface area contributed by atoms with Crippen LogP contribution in [0.25, 0.3) is 0 Å². The summed E-state index contributed by atoms with van der Waals surface area (Å²) in [5.41, 5.74) is 1.91. The van der Waals surface area contributed by atoms with Gasteiger partial charge in [-0.05, 0) is 37.1 Å². The lowest BCUT2D eigenvalue weighted by atomic mass is 10.2. The average molecular weight is 291 g/mol. The Balaban J connectivity index is 2.09. The zero-order valence-corrected chi connectivity index (χ0v) is 12.5. The summed E-state index contributed by atoms with van der Waals surface area (Å²) in [5, 5.41) is 7.21. The van der Waals surface area contributed by atoms with E-state index in [1.54, 1.807) is 6.20 Å². The lowest BCUT2D eigenvalue weighted by Crippen LogP contribution is -2.05. The van der Waals surface area contributed by atoms with Gasteiger partial charge in [0, 0.05) is 23.5 Å². The Bertz CT molecular complexity index is 572. The van der Waals surface area contributed by atoms with Crippen molar-refractivity contribution < 1.29 is 0 Å². The summed E-state index contributed by atoms with van der Waals surface area (Å²) < 4.78 is 0. The lowest BCUT2D eigenvalue weighted by Gasteiger charge is -2.10. The van der Waals surface area contributed by atoms with Crippen LogP contribution in [0.1, 0.15) is 25.3 Å². The van der Waals surface area contributed by atoms with Crippen molar-refractivity contribution in [2.24, 2.45) is 0 Å². The summed E-state index contributed by atoms with van der Waals surface area (Å²) in [6.07, 6.45) is 4.02. The molecule has 1 aromatic carbocycles. The molecule has 0 aliphatic heterocycles. The van der Waals surface area contributed by atoms with Crippen LogP contribution in [0.15, 0.2) is 30.5 Å². The maximum absolute atomic E-state index is 6.10. The predicted molar refractivity (Wildman–Crippen MR) is 84.9 cm³/mol. The van der Waals surface area contributed by atoms with Gasteiger partial charge in [0.1, 0.15) is 5.82 Å². The van der Waals surface area contributed by atoms with Gasteiger partial charge in [-0.2, -0.15) is 4.98 Å². The number of benzene rings is 1. The van der Waals surface area contributed by atoms with Crippen LogP contribution in [-0.4, -0.2) is 16.5 Å². The number of aromatic nitrogens is 2. The number of anilines is 3. The molecule has 2 aromatic rings. The third-order valence-corrected chi connectivity index (χ3v) is 3.42. The van der Waals surface area contributed by atoms with Gasteiger partial charge in [0.2, 0.25) is 5.95 Å². The number of halogens is 1. The fourth-order valence-electron chi connectivity index (χ4n) is 1.77. The highest BCUT2D eigenvalue weighted by atomic mass is 35.5. The van der Waals surface area contributed by atoms with Crippen LogP contribution in [0.3, 0.4) is 0 Å². The van der Waals surface area contributed by atoms with Gasteiger partial charge in [0.25, 0.3) is 0 Å². The molecule has 5 heteroatoms. The van der Waals surface area contributed by atoms with E-state index in [1.165, 1.54) is 0 Å². The fraction of sp³-hybridized carbons (Fsp3) is 0.333. The molecule has 0 bridgehead atoms. The quantitative estimate of drug-likeness (QED) is 0.775. The minimum Gasteiger partial charge on any atom is -0.370 e. The van der Waals surface area contributed by atoms with Gasteiger partial charge in [-0.25, -0.2) is 4.98 Å². The third-order valence-electron chi connectivity index (χ3n) is 3.01. The molecule has 1 heterocycles. The smallest absolute Gasteiger partial charge is 0.229 e. The van der Waals surface area contributed by atoms with Gasteiger partial charge in [0.05, 0.1) is 0 Å². The Morgan fingerprint density at radius 3 is 2.90 bits per heavy atom. The topological polar surface area (TPSA) is 49.8 Å². The van der Waals surface area contributed by atoms with Gasteiger partial charge in [0.15, 0.2) is 0 Å². The van der Waals surface area contributed by atoms with E-state index < -0.39 is 0 Å². The van der Waals surface area contributed by atoms with Gasteiger partial charge in [-0.3, -0.25) is 0 Å². The van der Waals surface area contributed by atoms with E-state index in [2.05, 4.69) is 27.5 Å². The molecule has 0 saturated carbocycles. The van der Waals surface area contributed by atoms with Crippen molar-refractivity contribution in [1.29, 1.82) is 0 Å². The Kier molecular flexibility index (Phi) is 5.18. The first-order chi connectivity index (χ1) is 9.70. The van der Waals surface area contributed by atoms with Crippen molar-refractivity contribution in [3.8, 4) is 0 Å². The number of hydrogen-bond acceptors (Lipinski definition) is 4. The molecule has 2 N–H and O–H groups in total. The molecular formula is C15H19ClN4. The minimum absolute atomic E-state index is 0.567. The summed E-state index contributed by atoms with van der Waals surface area (Å²) >= 11 is 6.10. The van der Waals surface area contributed by atoms with Crippen molar-refractivity contribution in [3.63, 3.8) is 0 Å². The molecule has 0 atom stereocenters. The molecule has 0 saturated heterocycles. The SMILES string of the molecule is CCCCNc1ccnc(Nc2cccc(Cl)c2C)n1. The van der Waals surface area contributed by atoms with Gasteiger partial charge >= 0.3 is 0 Å². The molecule has 106 valence electrons. The van der Waals surface area contributed by atoms with Crippen molar-refractivity contribution in [3.05, 3.63) is 41.0 Å². The predicted octanol–water partition coefficient (Wildman–Crippen LogP) is 4.39. The van der Waals surface area contributed by atoms with Crippen molar-refractivity contribution in [1.82, 2.24) is 9.97 Å². The van der Waals surface area contributed by atoms with E-state index in [0.29, 0.717) is 5.95 Å². The normalized spacial score (nSPS) is 10.3. The zero-order valence-electron chi connectivity index (χ0n) is 11.8. The average Bonchev–Trinajstić information content (AvgIpc) is 2.45. The highest BCUT2D eigenvalue weighted by Gasteiger charge is 2.04. The Morgan fingerprint density at radius 2 is 2.10 bits per heavy atom. The monoisotopic (exact) mass is 290 g/mol. The number of hydrogen-bond donors (Lipinski definition) is 2. The van der Waals surface area contributed by atoms with Crippen LogP contribution >= 0.6 is 11.6 Å². The molecule has 0 amide bonds. The number of nitrogens with one attached hydrogen (secondary N) is 2. The highest BCUT2D eigenvalue weighted by Crippen LogP contribution is 2.25. The molecule has 0 radical (unpaired) electrons. The summed E-state index contributed by atoms with van der Waals surface area (Å²) in [7, 11) is 0. The van der Waals surface area contributed by atoms with Crippen LogP contribution in [0.5, 0.6) is 0 Å². The van der Waals surface area contributed by atoms with Gasteiger partial charge < -0.3 is 10.6 Å². The Morgan fingerprint density at radius 1 is 1.25 bits per heavy atom. The molecule has 0 spiro atoms. The van der Waals surface area contributed by atoms with Crippen LogP contribution < -0.4 is 10.6 Å². The van der Waals surface area contributed by atoms with E-state index in [9.17, 15) is 0 Å². The molecule has 2 rings (SSSR count). The molecule has 1 aromatic heterocycles. The van der Waals surface area contributed by atoms with Gasteiger partial charge in [-0.15, -0.1) is 0 Å². The molecule has 0 aliphatic rings. The van der Waals surface area contributed by atoms with Gasteiger partial charge in [-0.1, -0.05) is 31.0 Å². The molecular weight excluding hydrogens is 272 g/mol. The second-order valence-electron chi connectivity index (χ2n) is 4.58. The molecule has 0 aliphatic carbocycles. The second kappa shape index (κ2) is 7.10. The van der Waals surface area contributed by atoms with E-state index >= 15 is 0 Å². The van der Waals surface area contributed by atoms with Crippen molar-refractivity contribution in [2.45, 2.75) is 26.7 Å². The number of unbranched alkanes of at least 4 members (excludes halogenated alkanes) is 1. The maximum Gasteiger partial charge on any atom is 0.229 e. The first-order valence-electron chi connectivity index (χ1n) is 6.79. The van der Waals surface area contributed by atoms with Crippen LogP contribution in [0.2, 0.25) is 5.02 Å². The van der Waals surface area contributed by atoms with E-state index in [0.717, 1.165) is 41.5 Å². The molecule has 0 fully saturated rings. The molecule has 20 heavy (non-hydrogen) atoms. The minimum atomic E-state index is 0.567. The van der Waals surface area contributed by atoms with E-state index in [1.807, 2.05) is 31.2 Å². The summed E-state index contributed by atoms with van der Waals surface area (Å²) in [5.74, 6) is 1.40.